The lowest BCUT2D eigenvalue weighted by atomic mass is 9.62. The number of benzene rings is 3. The Bertz CT molecular complexity index is 1560. The Hall–Kier alpha value is -4.41. The van der Waals surface area contributed by atoms with E-state index in [2.05, 4.69) is 10.6 Å². The summed E-state index contributed by atoms with van der Waals surface area (Å²) in [6.07, 6.45) is 0.400. The van der Waals surface area contributed by atoms with Crippen LogP contribution in [0, 0.1) is 17.8 Å². The third-order valence-corrected chi connectivity index (χ3v) is 9.77. The molecule has 3 aromatic rings. The average molecular weight is 614 g/mol. The van der Waals surface area contributed by atoms with E-state index in [0.29, 0.717) is 41.5 Å². The Balaban J connectivity index is 1.40. The lowest BCUT2D eigenvalue weighted by Gasteiger charge is -2.37. The molecule has 1 spiro atoms. The van der Waals surface area contributed by atoms with E-state index in [-0.39, 0.29) is 11.8 Å². The molecular weight excluding hydrogens is 574 g/mol. The first-order valence-electron chi connectivity index (χ1n) is 15.3. The predicted molar refractivity (Wildman–Crippen MR) is 168 cm³/mol. The number of rotatable bonds is 10. The number of hydrogen-bond donors (Lipinski definition) is 3. The van der Waals surface area contributed by atoms with Crippen molar-refractivity contribution in [2.45, 2.75) is 50.5 Å². The van der Waals surface area contributed by atoms with E-state index in [9.17, 15) is 19.5 Å². The highest BCUT2D eigenvalue weighted by atomic mass is 16.5. The molecule has 3 amide bonds. The summed E-state index contributed by atoms with van der Waals surface area (Å²) in [7, 11) is 1.56. The molecule has 3 aliphatic heterocycles. The van der Waals surface area contributed by atoms with E-state index >= 15 is 0 Å². The molecule has 0 aromatic heterocycles. The van der Waals surface area contributed by atoms with Crippen molar-refractivity contribution in [3.63, 3.8) is 0 Å². The molecule has 3 heterocycles. The molecule has 3 aliphatic rings. The molecule has 3 aromatic carbocycles. The number of amides is 3. The number of nitrogens with one attached hydrogen (secondary N) is 2. The minimum Gasteiger partial charge on any atom is -0.497 e. The van der Waals surface area contributed by atoms with Crippen molar-refractivity contribution in [2.75, 3.05) is 31.0 Å². The van der Waals surface area contributed by atoms with Crippen molar-refractivity contribution in [2.24, 2.45) is 17.8 Å². The van der Waals surface area contributed by atoms with Crippen molar-refractivity contribution in [3.8, 4) is 11.5 Å². The monoisotopic (exact) mass is 613 g/mol. The van der Waals surface area contributed by atoms with Gasteiger partial charge in [-0.2, -0.15) is 0 Å². The number of anilines is 2. The summed E-state index contributed by atoms with van der Waals surface area (Å²) in [5, 5.41) is 16.7. The Morgan fingerprint density at radius 1 is 0.978 bits per heavy atom. The van der Waals surface area contributed by atoms with Crippen LogP contribution < -0.4 is 20.1 Å². The normalized spacial score (nSPS) is 28.8. The summed E-state index contributed by atoms with van der Waals surface area (Å²) in [4.78, 5) is 44.6. The van der Waals surface area contributed by atoms with Gasteiger partial charge >= 0.3 is 0 Å². The smallest absolute Gasteiger partial charge is 0.250 e. The zero-order chi connectivity index (χ0) is 31.9. The maximum atomic E-state index is 14.7. The number of ether oxygens (including phenoxy) is 3. The van der Waals surface area contributed by atoms with Crippen molar-refractivity contribution in [1.29, 1.82) is 0 Å². The second kappa shape index (κ2) is 11.8. The van der Waals surface area contributed by atoms with Gasteiger partial charge in [-0.1, -0.05) is 37.3 Å². The molecule has 7 atom stereocenters. The van der Waals surface area contributed by atoms with Crippen LogP contribution in [0.25, 0.3) is 0 Å². The Kier molecular flexibility index (Phi) is 8.05. The van der Waals surface area contributed by atoms with Crippen LogP contribution in [0.2, 0.25) is 0 Å². The first-order valence-corrected chi connectivity index (χ1v) is 15.3. The molecule has 0 radical (unpaired) electrons. The molecule has 3 N–H and O–H groups in total. The molecule has 45 heavy (non-hydrogen) atoms. The molecule has 10 heteroatoms. The number of likely N-dealkylation sites (tertiary alicyclic amines) is 1. The van der Waals surface area contributed by atoms with Gasteiger partial charge in [0.25, 0.3) is 0 Å². The number of hydrogen-bond acceptors (Lipinski definition) is 7. The van der Waals surface area contributed by atoms with E-state index in [4.69, 9.17) is 14.2 Å². The van der Waals surface area contributed by atoms with Crippen LogP contribution in [-0.2, 0) is 19.1 Å². The third-order valence-electron chi connectivity index (χ3n) is 9.77. The largest absolute Gasteiger partial charge is 0.497 e. The fraction of sp³-hybridized carbons (Fsp3) is 0.400. The van der Waals surface area contributed by atoms with Gasteiger partial charge in [-0.05, 0) is 80.3 Å². The van der Waals surface area contributed by atoms with Crippen LogP contribution in [0.3, 0.4) is 0 Å². The lowest BCUT2D eigenvalue weighted by Crippen LogP contribution is -2.54. The minimum atomic E-state index is -1.29. The topological polar surface area (TPSA) is 126 Å². The number of carbonyl (C=O) groups is 3. The number of fused-ring (bicyclic) bond motifs is 1. The second-order valence-corrected chi connectivity index (χ2v) is 12.2. The highest BCUT2D eigenvalue weighted by Gasteiger charge is 2.80. The average Bonchev–Trinajstić information content (AvgIpc) is 3.56. The fourth-order valence-electron chi connectivity index (χ4n) is 7.65. The number of nitrogens with zero attached hydrogens (tertiary/aromatic N) is 1. The second-order valence-electron chi connectivity index (χ2n) is 12.2. The highest BCUT2D eigenvalue weighted by molar-refractivity contribution is 6.05. The minimum absolute atomic E-state index is 0.141. The van der Waals surface area contributed by atoms with E-state index in [0.717, 1.165) is 0 Å². The number of aliphatic hydroxyl groups excluding tert-OH is 1. The maximum absolute atomic E-state index is 14.7. The van der Waals surface area contributed by atoms with Crippen molar-refractivity contribution >= 4 is 29.1 Å². The SMILES string of the molecule is CCOc1ccc(NC(=O)[C@@H]2[C@H]3C(=O)N([C@H](CO)c4ccccc4)C(C(=O)Nc4ccc(OC)cc4)C34CC(C)[C@@]2(C)O4)cc1. The maximum Gasteiger partial charge on any atom is 0.250 e. The van der Waals surface area contributed by atoms with Gasteiger partial charge in [-0.25, -0.2) is 0 Å². The molecule has 3 unspecified atom stereocenters. The molecule has 2 bridgehead atoms. The molecule has 6 rings (SSSR count). The van der Waals surface area contributed by atoms with E-state index < -0.39 is 53.5 Å². The Morgan fingerprint density at radius 3 is 2.16 bits per heavy atom. The molecule has 236 valence electrons. The van der Waals surface area contributed by atoms with E-state index in [1.807, 2.05) is 51.1 Å². The standard InChI is InChI=1S/C35H39N3O7/c1-5-44-26-17-13-23(14-18-26)36-31(40)28-29-33(42)38(27(20-39)22-9-7-6-8-10-22)30(35(29)19-21(2)34(28,3)45-35)32(41)37-24-11-15-25(43-4)16-12-24/h6-18,21,27-30,39H,5,19-20H2,1-4H3,(H,36,40)(H,37,41)/t21?,27-,28+,29+,30?,34-,35?/m1/s1. The van der Waals surface area contributed by atoms with E-state index in [1.54, 1.807) is 55.6 Å². The zero-order valence-corrected chi connectivity index (χ0v) is 25.9. The van der Waals surface area contributed by atoms with Crippen LogP contribution in [0.5, 0.6) is 11.5 Å². The van der Waals surface area contributed by atoms with Crippen LogP contribution in [-0.4, -0.2) is 65.3 Å². The van der Waals surface area contributed by atoms with Gasteiger partial charge in [0.05, 0.1) is 43.8 Å². The fourth-order valence-corrected chi connectivity index (χ4v) is 7.65. The van der Waals surface area contributed by atoms with Gasteiger partial charge in [0.1, 0.15) is 23.1 Å². The Morgan fingerprint density at radius 2 is 1.58 bits per heavy atom. The summed E-state index contributed by atoms with van der Waals surface area (Å²) in [6.45, 7) is 5.86. The molecule has 3 fully saturated rings. The van der Waals surface area contributed by atoms with Crippen molar-refractivity contribution in [1.82, 2.24) is 4.90 Å². The van der Waals surface area contributed by atoms with Crippen LogP contribution in [0.1, 0.15) is 38.8 Å². The van der Waals surface area contributed by atoms with Crippen molar-refractivity contribution in [3.05, 3.63) is 84.4 Å². The van der Waals surface area contributed by atoms with Crippen LogP contribution >= 0.6 is 0 Å². The molecular formula is C35H39N3O7. The zero-order valence-electron chi connectivity index (χ0n) is 25.9. The number of methoxy groups -OCH3 is 1. The highest BCUT2D eigenvalue weighted by Crippen LogP contribution is 2.66. The predicted octanol–water partition coefficient (Wildman–Crippen LogP) is 4.42. The van der Waals surface area contributed by atoms with Crippen molar-refractivity contribution < 1.29 is 33.7 Å². The van der Waals surface area contributed by atoms with Gasteiger partial charge in [0.15, 0.2) is 0 Å². The Labute approximate surface area is 262 Å². The third kappa shape index (κ3) is 5.02. The van der Waals surface area contributed by atoms with Crippen LogP contribution in [0.4, 0.5) is 11.4 Å². The van der Waals surface area contributed by atoms with Gasteiger partial charge < -0.3 is 34.9 Å². The molecule has 0 aliphatic carbocycles. The summed E-state index contributed by atoms with van der Waals surface area (Å²) >= 11 is 0. The van der Waals surface area contributed by atoms with Gasteiger partial charge in [-0.15, -0.1) is 0 Å². The van der Waals surface area contributed by atoms with Crippen LogP contribution in [0.15, 0.2) is 78.9 Å². The molecule has 3 saturated heterocycles. The van der Waals surface area contributed by atoms with Gasteiger partial charge in [-0.3, -0.25) is 14.4 Å². The van der Waals surface area contributed by atoms with Gasteiger partial charge in [0.2, 0.25) is 17.7 Å². The molecule has 10 nitrogen and oxygen atoms in total. The quantitative estimate of drug-likeness (QED) is 0.309. The first-order chi connectivity index (χ1) is 21.7. The van der Waals surface area contributed by atoms with E-state index in [1.165, 1.54) is 4.90 Å². The summed E-state index contributed by atoms with van der Waals surface area (Å²) in [5.74, 6) is -1.84. The van der Waals surface area contributed by atoms with Gasteiger partial charge in [0, 0.05) is 11.4 Å². The molecule has 0 saturated carbocycles. The number of aliphatic hydroxyl groups is 1. The summed E-state index contributed by atoms with van der Waals surface area (Å²) < 4.78 is 17.6. The number of carbonyl (C=O) groups excluding carboxylic acids is 3. The summed E-state index contributed by atoms with van der Waals surface area (Å²) in [6, 6.07) is 21.1. The lowest BCUT2D eigenvalue weighted by molar-refractivity contribution is -0.148. The first kappa shape index (κ1) is 30.6. The summed E-state index contributed by atoms with van der Waals surface area (Å²) in [5.41, 5.74) is -0.529.